The molecule has 0 atom stereocenters. The molecule has 0 saturated carbocycles. The predicted octanol–water partition coefficient (Wildman–Crippen LogP) is 6.15. The molecule has 0 fully saturated rings. The largest absolute Gasteiger partial charge is 0.416 e. The van der Waals surface area contributed by atoms with Crippen molar-refractivity contribution in [2.24, 2.45) is 0 Å². The van der Waals surface area contributed by atoms with Crippen molar-refractivity contribution >= 4 is 28.2 Å². The molecule has 7 heteroatoms. The van der Waals surface area contributed by atoms with Crippen LogP contribution in [0.2, 0.25) is 0 Å². The van der Waals surface area contributed by atoms with Crippen molar-refractivity contribution in [2.75, 3.05) is 18.5 Å². The molecule has 0 saturated heterocycles. The first-order chi connectivity index (χ1) is 15.8. The van der Waals surface area contributed by atoms with Crippen LogP contribution in [-0.4, -0.2) is 29.4 Å². The monoisotopic (exact) mass is 449 g/mol. The van der Waals surface area contributed by atoms with Crippen molar-refractivity contribution in [1.82, 2.24) is 9.88 Å². The van der Waals surface area contributed by atoms with Crippen molar-refractivity contribution in [3.8, 4) is 0 Å². The van der Waals surface area contributed by atoms with Crippen LogP contribution >= 0.6 is 0 Å². The third-order valence-electron chi connectivity index (χ3n) is 6.30. The number of alkyl halides is 3. The van der Waals surface area contributed by atoms with Crippen molar-refractivity contribution < 1.29 is 18.0 Å². The summed E-state index contributed by atoms with van der Waals surface area (Å²) in [6, 6.07) is 18.7. The van der Waals surface area contributed by atoms with Gasteiger partial charge >= 0.3 is 6.18 Å². The lowest BCUT2D eigenvalue weighted by Crippen LogP contribution is -2.36. The molecule has 0 unspecified atom stereocenters. The van der Waals surface area contributed by atoms with Gasteiger partial charge in [-0.25, -0.2) is 0 Å². The number of nitrogens with one attached hydrogen (secondary N) is 1. The fraction of sp³-hybridized carbons (Fsp3) is 0.192. The number of aromatic nitrogens is 1. The van der Waals surface area contributed by atoms with Crippen LogP contribution in [0.25, 0.3) is 10.9 Å². The zero-order chi connectivity index (χ0) is 23.2. The third-order valence-corrected chi connectivity index (χ3v) is 6.30. The van der Waals surface area contributed by atoms with Crippen molar-refractivity contribution in [2.45, 2.75) is 19.1 Å². The van der Waals surface area contributed by atoms with Gasteiger partial charge in [-0.15, -0.1) is 0 Å². The van der Waals surface area contributed by atoms with E-state index in [0.29, 0.717) is 30.8 Å². The maximum Gasteiger partial charge on any atom is 0.416 e. The topological polar surface area (TPSA) is 39.3 Å². The minimum atomic E-state index is -4.36. The molecule has 4 aromatic rings. The summed E-state index contributed by atoms with van der Waals surface area (Å²) >= 11 is 0. The zero-order valence-electron chi connectivity index (χ0n) is 18.0. The molecule has 1 aliphatic heterocycles. The van der Waals surface area contributed by atoms with Gasteiger partial charge in [-0.1, -0.05) is 18.2 Å². The highest BCUT2D eigenvalue weighted by Crippen LogP contribution is 2.35. The standard InChI is InChI=1S/C26H22F3N3O/c1-31(19-10-8-18(9-11-19)26(27,28)29)24-7-2-4-17-16-32(15-13-20(17)24)25(33)22-5-3-6-23-21(22)12-14-30-23/h2-12,14,30H,13,15-16H2,1H3. The van der Waals surface area contributed by atoms with Crippen LogP contribution in [-0.2, 0) is 19.1 Å². The molecule has 0 bridgehead atoms. The minimum absolute atomic E-state index is 0.00709. The number of halogens is 3. The molecule has 0 radical (unpaired) electrons. The number of amides is 1. The van der Waals surface area contributed by atoms with Crippen molar-refractivity contribution in [1.29, 1.82) is 0 Å². The SMILES string of the molecule is CN(c1ccc(C(F)(F)F)cc1)c1cccc2c1CCN(C(=O)c1cccc3[nH]ccc13)C2. The van der Waals surface area contributed by atoms with Gasteiger partial charge in [0.05, 0.1) is 5.56 Å². The van der Waals surface area contributed by atoms with E-state index < -0.39 is 11.7 Å². The average molecular weight is 449 g/mol. The number of carbonyl (C=O) groups is 1. The normalized spacial score (nSPS) is 13.8. The zero-order valence-corrected chi connectivity index (χ0v) is 18.0. The molecule has 0 aliphatic carbocycles. The number of rotatable bonds is 3. The molecule has 0 spiro atoms. The molecule has 1 aromatic heterocycles. The van der Waals surface area contributed by atoms with E-state index in [-0.39, 0.29) is 5.91 Å². The van der Waals surface area contributed by atoms with Gasteiger partial charge in [0.2, 0.25) is 0 Å². The second-order valence-electron chi connectivity index (χ2n) is 8.24. The lowest BCUT2D eigenvalue weighted by Gasteiger charge is -2.32. The molecule has 1 N–H and O–H groups in total. The van der Waals surface area contributed by atoms with E-state index in [2.05, 4.69) is 4.98 Å². The number of fused-ring (bicyclic) bond motifs is 2. The first-order valence-electron chi connectivity index (χ1n) is 10.7. The number of carbonyl (C=O) groups excluding carboxylic acids is 1. The van der Waals surface area contributed by atoms with Gasteiger partial charge in [-0.05, 0) is 66.1 Å². The molecule has 2 heterocycles. The second kappa shape index (κ2) is 7.99. The average Bonchev–Trinajstić information content (AvgIpc) is 3.31. The molecule has 5 rings (SSSR count). The Kier molecular flexibility index (Phi) is 5.12. The molecule has 168 valence electrons. The molecule has 1 amide bonds. The molecular weight excluding hydrogens is 427 g/mol. The minimum Gasteiger partial charge on any atom is -0.361 e. The van der Waals surface area contributed by atoms with Crippen LogP contribution in [0.3, 0.4) is 0 Å². The van der Waals surface area contributed by atoms with E-state index in [1.54, 1.807) is 0 Å². The number of hydrogen-bond acceptors (Lipinski definition) is 2. The first-order valence-corrected chi connectivity index (χ1v) is 10.7. The summed E-state index contributed by atoms with van der Waals surface area (Å²) in [6.45, 7) is 1.06. The van der Waals surface area contributed by atoms with E-state index in [4.69, 9.17) is 0 Å². The Bertz CT molecular complexity index is 1320. The number of benzene rings is 3. The number of anilines is 2. The Morgan fingerprint density at radius 1 is 1.00 bits per heavy atom. The Morgan fingerprint density at radius 2 is 1.76 bits per heavy atom. The lowest BCUT2D eigenvalue weighted by atomic mass is 9.96. The van der Waals surface area contributed by atoms with Crippen LogP contribution in [0.4, 0.5) is 24.5 Å². The predicted molar refractivity (Wildman–Crippen MR) is 123 cm³/mol. The van der Waals surface area contributed by atoms with Gasteiger partial charge in [0, 0.05) is 54.2 Å². The van der Waals surface area contributed by atoms with Crippen molar-refractivity contribution in [3.63, 3.8) is 0 Å². The third kappa shape index (κ3) is 3.84. The maximum absolute atomic E-state index is 13.3. The number of H-pyrrole nitrogens is 1. The van der Waals surface area contributed by atoms with E-state index in [1.807, 2.05) is 65.5 Å². The van der Waals surface area contributed by atoms with E-state index in [0.717, 1.165) is 39.8 Å². The molecular formula is C26H22F3N3O. The van der Waals surface area contributed by atoms with Crippen LogP contribution in [0.1, 0.15) is 27.0 Å². The molecule has 4 nitrogen and oxygen atoms in total. The molecule has 1 aliphatic rings. The number of aromatic amines is 1. The summed E-state index contributed by atoms with van der Waals surface area (Å²) in [5, 5.41) is 0.907. The van der Waals surface area contributed by atoms with Crippen LogP contribution in [0.15, 0.2) is 72.9 Å². The second-order valence-corrected chi connectivity index (χ2v) is 8.24. The summed E-state index contributed by atoms with van der Waals surface area (Å²) in [5.41, 5.74) is 4.72. The summed E-state index contributed by atoms with van der Waals surface area (Å²) in [7, 11) is 1.85. The van der Waals surface area contributed by atoms with E-state index in [9.17, 15) is 18.0 Å². The summed E-state index contributed by atoms with van der Waals surface area (Å²) < 4.78 is 38.7. The molecule has 3 aromatic carbocycles. The Balaban J connectivity index is 1.40. The smallest absolute Gasteiger partial charge is 0.361 e. The fourth-order valence-corrected chi connectivity index (χ4v) is 4.53. The number of hydrogen-bond donors (Lipinski definition) is 1. The highest BCUT2D eigenvalue weighted by Gasteiger charge is 2.30. The molecule has 33 heavy (non-hydrogen) atoms. The van der Waals surface area contributed by atoms with Crippen LogP contribution < -0.4 is 4.90 Å². The van der Waals surface area contributed by atoms with Crippen LogP contribution in [0, 0.1) is 0 Å². The summed E-state index contributed by atoms with van der Waals surface area (Å²) in [5.74, 6) is -0.00709. The van der Waals surface area contributed by atoms with Crippen molar-refractivity contribution in [3.05, 3.63) is 95.2 Å². The van der Waals surface area contributed by atoms with Gasteiger partial charge in [0.15, 0.2) is 0 Å². The highest BCUT2D eigenvalue weighted by molar-refractivity contribution is 6.06. The van der Waals surface area contributed by atoms with E-state index >= 15 is 0 Å². The Morgan fingerprint density at radius 3 is 2.52 bits per heavy atom. The van der Waals surface area contributed by atoms with Gasteiger partial charge in [-0.2, -0.15) is 13.2 Å². The lowest BCUT2D eigenvalue weighted by molar-refractivity contribution is -0.137. The number of nitrogens with zero attached hydrogens (tertiary/aromatic N) is 2. The maximum atomic E-state index is 13.3. The van der Waals surface area contributed by atoms with Gasteiger partial charge < -0.3 is 14.8 Å². The summed E-state index contributed by atoms with van der Waals surface area (Å²) in [6.07, 6.45) is -1.86. The Hall–Kier alpha value is -3.74. The fourth-order valence-electron chi connectivity index (χ4n) is 4.53. The first kappa shape index (κ1) is 21.1. The summed E-state index contributed by atoms with van der Waals surface area (Å²) in [4.78, 5) is 20.2. The van der Waals surface area contributed by atoms with E-state index in [1.165, 1.54) is 12.1 Å². The quantitative estimate of drug-likeness (QED) is 0.407. The van der Waals surface area contributed by atoms with Crippen LogP contribution in [0.5, 0.6) is 0 Å². The van der Waals surface area contributed by atoms with Gasteiger partial charge in [0.1, 0.15) is 0 Å². The van der Waals surface area contributed by atoms with Gasteiger partial charge in [0.25, 0.3) is 5.91 Å². The Labute approximate surface area is 189 Å². The highest BCUT2D eigenvalue weighted by atomic mass is 19.4. The van der Waals surface area contributed by atoms with Gasteiger partial charge in [-0.3, -0.25) is 4.79 Å².